The van der Waals surface area contributed by atoms with Crippen LogP contribution in [0.3, 0.4) is 0 Å². The van der Waals surface area contributed by atoms with Crippen molar-refractivity contribution < 1.29 is 17.6 Å². The fourth-order valence-electron chi connectivity index (χ4n) is 2.14. The molecule has 1 aliphatic rings. The van der Waals surface area contributed by atoms with Crippen molar-refractivity contribution in [2.45, 2.75) is 4.90 Å². The third-order valence-corrected chi connectivity index (χ3v) is 5.54. The summed E-state index contributed by atoms with van der Waals surface area (Å²) in [4.78, 5) is 13.2. The fraction of sp³-hybridized carbons (Fsp3) is 0.462. The Kier molecular flexibility index (Phi) is 5.38. The van der Waals surface area contributed by atoms with Crippen LogP contribution in [0.5, 0.6) is 0 Å². The summed E-state index contributed by atoms with van der Waals surface area (Å²) >= 11 is 5.61. The van der Waals surface area contributed by atoms with Crippen molar-refractivity contribution in [2.24, 2.45) is 0 Å². The highest BCUT2D eigenvalue weighted by Crippen LogP contribution is 2.24. The van der Waals surface area contributed by atoms with Gasteiger partial charge in [-0.05, 0) is 12.1 Å². The summed E-state index contributed by atoms with van der Waals surface area (Å²) < 4.78 is 39.5. The summed E-state index contributed by atoms with van der Waals surface area (Å²) in [6.07, 6.45) is 0. The number of likely N-dealkylation sites (N-methyl/N-ethyl adjacent to an activating group) is 1. The number of hydrogen-bond donors (Lipinski definition) is 1. The van der Waals surface area contributed by atoms with Gasteiger partial charge in [-0.2, -0.15) is 4.31 Å². The predicted molar refractivity (Wildman–Crippen MR) is 80.7 cm³/mol. The molecule has 0 spiro atoms. The van der Waals surface area contributed by atoms with Gasteiger partial charge in [0.25, 0.3) is 0 Å². The van der Waals surface area contributed by atoms with Crippen molar-refractivity contribution in [3.05, 3.63) is 29.0 Å². The van der Waals surface area contributed by atoms with Crippen molar-refractivity contribution in [1.29, 1.82) is 0 Å². The van der Waals surface area contributed by atoms with Gasteiger partial charge in [-0.25, -0.2) is 12.8 Å². The zero-order valence-electron chi connectivity index (χ0n) is 12.1. The van der Waals surface area contributed by atoms with Gasteiger partial charge in [0, 0.05) is 33.2 Å². The number of carbonyl (C=O) groups excluding carboxylic acids is 1. The molecule has 0 atom stereocenters. The van der Waals surface area contributed by atoms with E-state index in [1.807, 2.05) is 0 Å². The second kappa shape index (κ2) is 6.91. The number of rotatable bonds is 4. The maximum Gasteiger partial charge on any atom is 0.246 e. The minimum atomic E-state index is -4.12. The highest BCUT2D eigenvalue weighted by Gasteiger charge is 2.28. The van der Waals surface area contributed by atoms with Gasteiger partial charge in [0.15, 0.2) is 5.82 Å². The molecule has 0 aliphatic carbocycles. The van der Waals surface area contributed by atoms with Crippen molar-refractivity contribution >= 4 is 27.5 Å². The van der Waals surface area contributed by atoms with E-state index in [0.717, 1.165) is 10.4 Å². The molecule has 2 rings (SSSR count). The van der Waals surface area contributed by atoms with Crippen LogP contribution in [0, 0.1) is 5.82 Å². The molecule has 1 heterocycles. The maximum atomic E-state index is 13.9. The van der Waals surface area contributed by atoms with Crippen molar-refractivity contribution in [1.82, 2.24) is 14.5 Å². The van der Waals surface area contributed by atoms with Crippen LogP contribution in [0.2, 0.25) is 5.02 Å². The van der Waals surface area contributed by atoms with E-state index in [9.17, 15) is 17.6 Å². The smallest absolute Gasteiger partial charge is 0.246 e. The van der Waals surface area contributed by atoms with Gasteiger partial charge in [0.2, 0.25) is 15.9 Å². The molecule has 0 aromatic heterocycles. The highest BCUT2D eigenvalue weighted by atomic mass is 35.5. The van der Waals surface area contributed by atoms with Crippen molar-refractivity contribution in [3.63, 3.8) is 0 Å². The third kappa shape index (κ3) is 3.57. The first-order valence-electron chi connectivity index (χ1n) is 6.73. The Morgan fingerprint density at radius 2 is 2.05 bits per heavy atom. The van der Waals surface area contributed by atoms with Crippen LogP contribution in [0.25, 0.3) is 0 Å². The van der Waals surface area contributed by atoms with Crippen LogP contribution in [0.1, 0.15) is 0 Å². The van der Waals surface area contributed by atoms with Gasteiger partial charge < -0.3 is 10.2 Å². The van der Waals surface area contributed by atoms with Crippen molar-refractivity contribution in [3.8, 4) is 0 Å². The van der Waals surface area contributed by atoms with E-state index >= 15 is 0 Å². The van der Waals surface area contributed by atoms with E-state index in [0.29, 0.717) is 26.2 Å². The normalized spacial score (nSPS) is 16.1. The molecule has 1 aromatic carbocycles. The largest absolute Gasteiger partial charge is 0.339 e. The van der Waals surface area contributed by atoms with Crippen LogP contribution < -0.4 is 5.32 Å². The van der Waals surface area contributed by atoms with E-state index in [2.05, 4.69) is 5.32 Å². The standard InChI is InChI=1S/C13H17ClFN3O3S/c1-17(9-12(19)18-7-5-16-6-8-18)22(20,21)11-4-2-3-10(14)13(11)15/h2-4,16H,5-9H2,1H3. The molecule has 9 heteroatoms. The Balaban J connectivity index is 2.15. The molecular formula is C13H17ClFN3O3S. The summed E-state index contributed by atoms with van der Waals surface area (Å²) in [5.74, 6) is -1.32. The lowest BCUT2D eigenvalue weighted by Gasteiger charge is -2.29. The molecule has 1 saturated heterocycles. The van der Waals surface area contributed by atoms with Gasteiger partial charge in [-0.1, -0.05) is 17.7 Å². The average molecular weight is 350 g/mol. The molecule has 1 aromatic rings. The topological polar surface area (TPSA) is 69.7 Å². The van der Waals surface area contributed by atoms with Gasteiger partial charge in [-0.15, -0.1) is 0 Å². The Morgan fingerprint density at radius 3 is 2.68 bits per heavy atom. The molecule has 22 heavy (non-hydrogen) atoms. The van der Waals surface area contributed by atoms with Crippen LogP contribution >= 0.6 is 11.6 Å². The zero-order valence-corrected chi connectivity index (χ0v) is 13.6. The van der Waals surface area contributed by atoms with Crippen LogP contribution in [-0.4, -0.2) is 63.3 Å². The van der Waals surface area contributed by atoms with Gasteiger partial charge in [0.05, 0.1) is 11.6 Å². The lowest BCUT2D eigenvalue weighted by Crippen LogP contribution is -2.49. The first-order valence-corrected chi connectivity index (χ1v) is 8.54. The highest BCUT2D eigenvalue weighted by molar-refractivity contribution is 7.89. The predicted octanol–water partition coefficient (Wildman–Crippen LogP) is 0.531. The van der Waals surface area contributed by atoms with E-state index in [-0.39, 0.29) is 17.5 Å². The quantitative estimate of drug-likeness (QED) is 0.861. The molecule has 1 fully saturated rings. The monoisotopic (exact) mass is 349 g/mol. The average Bonchev–Trinajstić information content (AvgIpc) is 2.50. The molecule has 1 amide bonds. The molecule has 1 aliphatic heterocycles. The summed E-state index contributed by atoms with van der Waals surface area (Å²) in [7, 11) is -2.87. The van der Waals surface area contributed by atoms with Gasteiger partial charge >= 0.3 is 0 Å². The second-order valence-corrected chi connectivity index (χ2v) is 7.36. The van der Waals surface area contributed by atoms with Crippen LogP contribution in [0.15, 0.2) is 23.1 Å². The first-order chi connectivity index (χ1) is 10.3. The number of amides is 1. The Bertz CT molecular complexity index is 662. The number of halogens is 2. The van der Waals surface area contributed by atoms with Gasteiger partial charge in [0.1, 0.15) is 4.90 Å². The number of hydrogen-bond acceptors (Lipinski definition) is 4. The molecule has 0 unspecified atom stereocenters. The second-order valence-electron chi connectivity index (χ2n) is 4.94. The Morgan fingerprint density at radius 1 is 1.41 bits per heavy atom. The summed E-state index contributed by atoms with van der Waals surface area (Å²) in [5.41, 5.74) is 0. The van der Waals surface area contributed by atoms with Gasteiger partial charge in [-0.3, -0.25) is 4.79 Å². The van der Waals surface area contributed by atoms with E-state index < -0.39 is 20.7 Å². The van der Waals surface area contributed by atoms with E-state index in [1.54, 1.807) is 4.90 Å². The Labute approximate surface area is 133 Å². The molecule has 122 valence electrons. The van der Waals surface area contributed by atoms with Crippen LogP contribution in [0.4, 0.5) is 4.39 Å². The molecule has 0 saturated carbocycles. The molecule has 1 N–H and O–H groups in total. The maximum absolute atomic E-state index is 13.9. The number of nitrogens with zero attached hydrogens (tertiary/aromatic N) is 2. The number of carbonyl (C=O) groups is 1. The summed E-state index contributed by atoms with van der Waals surface area (Å²) in [5, 5.41) is 2.83. The molecule has 0 bridgehead atoms. The lowest BCUT2D eigenvalue weighted by atomic mass is 10.3. The first kappa shape index (κ1) is 17.1. The number of piperazine rings is 1. The van der Waals surface area contributed by atoms with E-state index in [4.69, 9.17) is 11.6 Å². The minimum absolute atomic E-state index is 0.275. The van der Waals surface area contributed by atoms with Crippen molar-refractivity contribution in [2.75, 3.05) is 39.8 Å². The molecule has 6 nitrogen and oxygen atoms in total. The molecule has 0 radical (unpaired) electrons. The number of nitrogens with one attached hydrogen (secondary N) is 1. The SMILES string of the molecule is CN(CC(=O)N1CCNCC1)S(=O)(=O)c1cccc(Cl)c1F. The van der Waals surface area contributed by atoms with E-state index in [1.165, 1.54) is 19.2 Å². The minimum Gasteiger partial charge on any atom is -0.339 e. The zero-order chi connectivity index (χ0) is 16.3. The lowest BCUT2D eigenvalue weighted by molar-refractivity contribution is -0.131. The number of benzene rings is 1. The molecular weight excluding hydrogens is 333 g/mol. The summed E-state index contributed by atoms with van der Waals surface area (Å²) in [6.45, 7) is 2.06. The fourth-order valence-corrected chi connectivity index (χ4v) is 3.57. The third-order valence-electron chi connectivity index (χ3n) is 3.43. The Hall–Kier alpha value is -1.22. The van der Waals surface area contributed by atoms with Crippen LogP contribution in [-0.2, 0) is 14.8 Å². The number of sulfonamides is 1. The summed E-state index contributed by atoms with van der Waals surface area (Å²) in [6, 6.07) is 3.74.